The van der Waals surface area contributed by atoms with Gasteiger partial charge in [0.2, 0.25) is 0 Å². The Bertz CT molecular complexity index is 354. The zero-order chi connectivity index (χ0) is 10.7. The van der Waals surface area contributed by atoms with E-state index < -0.39 is 0 Å². The lowest BCUT2D eigenvalue weighted by molar-refractivity contribution is 0.578. The lowest BCUT2D eigenvalue weighted by Gasteiger charge is -2.29. The fourth-order valence-corrected chi connectivity index (χ4v) is 2.10. The summed E-state index contributed by atoms with van der Waals surface area (Å²) in [5, 5.41) is 3.24. The van der Waals surface area contributed by atoms with Crippen molar-refractivity contribution < 1.29 is 0 Å². The number of hydrogen-bond acceptors (Lipinski definition) is 2. The van der Waals surface area contributed by atoms with Crippen LogP contribution in [-0.4, -0.2) is 13.1 Å². The smallest absolute Gasteiger partial charge is 0.0906 e. The SMILES string of the molecule is Cc1cc(N2CCCCC2)ccc1N=[N]. The summed E-state index contributed by atoms with van der Waals surface area (Å²) >= 11 is 0. The summed E-state index contributed by atoms with van der Waals surface area (Å²) in [6, 6.07) is 6.01. The first kappa shape index (κ1) is 10.1. The minimum absolute atomic E-state index is 0.663. The summed E-state index contributed by atoms with van der Waals surface area (Å²) in [5.41, 5.74) is 11.7. The Kier molecular flexibility index (Phi) is 2.99. The Morgan fingerprint density at radius 1 is 1.20 bits per heavy atom. The molecule has 1 aromatic carbocycles. The lowest BCUT2D eigenvalue weighted by atomic mass is 10.1. The number of aryl methyl sites for hydroxylation is 1. The summed E-state index contributed by atoms with van der Waals surface area (Å²) in [4.78, 5) is 2.40. The third kappa shape index (κ3) is 2.17. The molecular weight excluding hydrogens is 186 g/mol. The number of rotatable bonds is 2. The van der Waals surface area contributed by atoms with Crippen molar-refractivity contribution in [1.82, 2.24) is 5.53 Å². The summed E-state index contributed by atoms with van der Waals surface area (Å²) in [5.74, 6) is 0. The van der Waals surface area contributed by atoms with E-state index in [1.807, 2.05) is 19.1 Å². The first-order valence-electron chi connectivity index (χ1n) is 5.52. The molecule has 3 nitrogen and oxygen atoms in total. The Morgan fingerprint density at radius 3 is 2.53 bits per heavy atom. The van der Waals surface area contributed by atoms with Crippen LogP contribution in [0.15, 0.2) is 23.3 Å². The zero-order valence-corrected chi connectivity index (χ0v) is 9.11. The maximum Gasteiger partial charge on any atom is 0.0906 e. The van der Waals surface area contributed by atoms with E-state index in [2.05, 4.69) is 16.1 Å². The predicted molar refractivity (Wildman–Crippen MR) is 61.5 cm³/mol. The molecule has 1 heterocycles. The second-order valence-electron chi connectivity index (χ2n) is 4.12. The first-order chi connectivity index (χ1) is 7.31. The number of nitrogens with zero attached hydrogens (tertiary/aromatic N) is 3. The van der Waals surface area contributed by atoms with E-state index in [0.29, 0.717) is 5.69 Å². The van der Waals surface area contributed by atoms with Gasteiger partial charge < -0.3 is 4.90 Å². The quantitative estimate of drug-likeness (QED) is 0.679. The van der Waals surface area contributed by atoms with Crippen LogP contribution in [0.4, 0.5) is 11.4 Å². The van der Waals surface area contributed by atoms with E-state index >= 15 is 0 Å². The molecule has 0 N–H and O–H groups in total. The van der Waals surface area contributed by atoms with Crippen LogP contribution in [0.2, 0.25) is 0 Å². The number of piperidine rings is 1. The van der Waals surface area contributed by atoms with Gasteiger partial charge in [0.25, 0.3) is 0 Å². The molecule has 0 saturated carbocycles. The first-order valence-corrected chi connectivity index (χ1v) is 5.52. The highest BCUT2D eigenvalue weighted by molar-refractivity contribution is 5.57. The molecule has 1 saturated heterocycles. The van der Waals surface area contributed by atoms with E-state index in [-0.39, 0.29) is 0 Å². The Labute approximate surface area is 90.6 Å². The van der Waals surface area contributed by atoms with Crippen molar-refractivity contribution in [3.63, 3.8) is 0 Å². The van der Waals surface area contributed by atoms with E-state index in [4.69, 9.17) is 5.53 Å². The van der Waals surface area contributed by atoms with E-state index in [0.717, 1.165) is 18.7 Å². The van der Waals surface area contributed by atoms with Gasteiger partial charge in [-0.3, -0.25) is 0 Å². The molecule has 0 bridgehead atoms. The van der Waals surface area contributed by atoms with Crippen LogP contribution in [0.5, 0.6) is 0 Å². The topological polar surface area (TPSA) is 37.9 Å². The van der Waals surface area contributed by atoms with E-state index in [1.165, 1.54) is 24.9 Å². The van der Waals surface area contributed by atoms with Gasteiger partial charge in [0.1, 0.15) is 0 Å². The molecular formula is C12H16N3. The van der Waals surface area contributed by atoms with Crippen LogP contribution in [0, 0.1) is 6.92 Å². The second-order valence-corrected chi connectivity index (χ2v) is 4.12. The van der Waals surface area contributed by atoms with Gasteiger partial charge in [0, 0.05) is 18.8 Å². The molecule has 0 aromatic heterocycles. The molecule has 0 amide bonds. The Morgan fingerprint density at radius 2 is 1.93 bits per heavy atom. The van der Waals surface area contributed by atoms with Crippen molar-refractivity contribution in [3.05, 3.63) is 23.8 Å². The molecule has 79 valence electrons. The average Bonchev–Trinajstić information content (AvgIpc) is 2.30. The molecule has 3 heteroatoms. The van der Waals surface area contributed by atoms with Crippen molar-refractivity contribution in [3.8, 4) is 0 Å². The van der Waals surface area contributed by atoms with Crippen molar-refractivity contribution in [2.24, 2.45) is 5.11 Å². The molecule has 0 atom stereocenters. The van der Waals surface area contributed by atoms with Crippen molar-refractivity contribution in [2.45, 2.75) is 26.2 Å². The predicted octanol–water partition coefficient (Wildman–Crippen LogP) is 2.87. The highest BCUT2D eigenvalue weighted by Gasteiger charge is 2.11. The summed E-state index contributed by atoms with van der Waals surface area (Å²) in [6.45, 7) is 4.27. The van der Waals surface area contributed by atoms with Crippen LogP contribution in [0.3, 0.4) is 0 Å². The molecule has 1 aliphatic rings. The normalized spacial score (nSPS) is 16.5. The molecule has 0 unspecified atom stereocenters. The third-order valence-corrected chi connectivity index (χ3v) is 3.01. The lowest BCUT2D eigenvalue weighted by Crippen LogP contribution is -2.29. The maximum atomic E-state index is 8.73. The van der Waals surface area contributed by atoms with Crippen molar-refractivity contribution in [2.75, 3.05) is 18.0 Å². The molecule has 15 heavy (non-hydrogen) atoms. The van der Waals surface area contributed by atoms with Gasteiger partial charge in [-0.2, -0.15) is 0 Å². The number of anilines is 1. The van der Waals surface area contributed by atoms with Crippen LogP contribution < -0.4 is 10.4 Å². The van der Waals surface area contributed by atoms with Crippen LogP contribution in [0.25, 0.3) is 0 Å². The molecule has 1 radical (unpaired) electrons. The third-order valence-electron chi connectivity index (χ3n) is 3.01. The van der Waals surface area contributed by atoms with E-state index in [1.54, 1.807) is 0 Å². The van der Waals surface area contributed by atoms with Crippen LogP contribution in [0.1, 0.15) is 24.8 Å². The second kappa shape index (κ2) is 4.43. The Balaban J connectivity index is 2.21. The standard InChI is InChI=1S/C12H16N3/c1-10-9-11(5-6-12(10)14-13)15-7-3-2-4-8-15/h5-6,9H,2-4,7-8H2,1H3. The average molecular weight is 202 g/mol. The van der Waals surface area contributed by atoms with Crippen molar-refractivity contribution in [1.29, 1.82) is 0 Å². The van der Waals surface area contributed by atoms with Gasteiger partial charge >= 0.3 is 0 Å². The van der Waals surface area contributed by atoms with Gasteiger partial charge in [-0.15, -0.1) is 5.11 Å². The molecule has 1 aromatic rings. The molecule has 1 aliphatic heterocycles. The zero-order valence-electron chi connectivity index (χ0n) is 9.11. The summed E-state index contributed by atoms with van der Waals surface area (Å²) < 4.78 is 0. The highest BCUT2D eigenvalue weighted by Crippen LogP contribution is 2.26. The fourth-order valence-electron chi connectivity index (χ4n) is 2.10. The van der Waals surface area contributed by atoms with Crippen LogP contribution >= 0.6 is 0 Å². The summed E-state index contributed by atoms with van der Waals surface area (Å²) in [6.07, 6.45) is 3.91. The summed E-state index contributed by atoms with van der Waals surface area (Å²) in [7, 11) is 0. The molecule has 1 fully saturated rings. The molecule has 2 rings (SSSR count). The van der Waals surface area contributed by atoms with Gasteiger partial charge in [-0.05, 0) is 55.5 Å². The molecule has 0 spiro atoms. The highest BCUT2D eigenvalue weighted by atomic mass is 15.1. The van der Waals surface area contributed by atoms with E-state index in [9.17, 15) is 0 Å². The Hall–Kier alpha value is -1.38. The number of hydrogen-bond donors (Lipinski definition) is 0. The largest absolute Gasteiger partial charge is 0.372 e. The number of benzene rings is 1. The fraction of sp³-hybridized carbons (Fsp3) is 0.500. The minimum Gasteiger partial charge on any atom is -0.372 e. The maximum absolute atomic E-state index is 8.73. The minimum atomic E-state index is 0.663. The molecule has 0 aliphatic carbocycles. The van der Waals surface area contributed by atoms with Crippen molar-refractivity contribution >= 4 is 11.4 Å². The monoisotopic (exact) mass is 202 g/mol. The van der Waals surface area contributed by atoms with Gasteiger partial charge in [-0.1, -0.05) is 0 Å². The van der Waals surface area contributed by atoms with Crippen LogP contribution in [-0.2, 0) is 0 Å². The van der Waals surface area contributed by atoms with Gasteiger partial charge in [0.05, 0.1) is 5.69 Å². The van der Waals surface area contributed by atoms with Gasteiger partial charge in [-0.25, -0.2) is 0 Å². The van der Waals surface area contributed by atoms with Gasteiger partial charge in [0.15, 0.2) is 0 Å².